The summed E-state index contributed by atoms with van der Waals surface area (Å²) in [5.41, 5.74) is 2.52. The molecule has 0 saturated carbocycles. The van der Waals surface area contributed by atoms with Crippen LogP contribution < -0.4 is 5.69 Å². The van der Waals surface area contributed by atoms with Gasteiger partial charge in [0.15, 0.2) is 0 Å². The topological polar surface area (TPSA) is 86.0 Å². The molecule has 36 heavy (non-hydrogen) atoms. The number of rotatable bonds is 6. The molecular formula is C27H40N4O5. The number of ether oxygens (including phenoxy) is 2. The van der Waals surface area contributed by atoms with E-state index in [9.17, 15) is 14.4 Å². The van der Waals surface area contributed by atoms with Crippen molar-refractivity contribution in [3.05, 3.63) is 34.2 Å². The molecule has 4 rings (SSSR count). The van der Waals surface area contributed by atoms with Gasteiger partial charge in [-0.15, -0.1) is 0 Å². The summed E-state index contributed by atoms with van der Waals surface area (Å²) < 4.78 is 15.2. The van der Waals surface area contributed by atoms with Gasteiger partial charge in [0, 0.05) is 46.8 Å². The molecule has 1 aromatic heterocycles. The highest BCUT2D eigenvalue weighted by atomic mass is 16.6. The van der Waals surface area contributed by atoms with Crippen molar-refractivity contribution in [3.8, 4) is 0 Å². The highest BCUT2D eigenvalue weighted by Crippen LogP contribution is 2.27. The van der Waals surface area contributed by atoms with E-state index in [1.54, 1.807) is 21.4 Å². The van der Waals surface area contributed by atoms with Crippen molar-refractivity contribution in [1.82, 2.24) is 18.9 Å². The molecule has 2 saturated heterocycles. The number of imidazole rings is 1. The fourth-order valence-corrected chi connectivity index (χ4v) is 5.32. The second-order valence-electron chi connectivity index (χ2n) is 11.1. The monoisotopic (exact) mass is 500 g/mol. The maximum atomic E-state index is 13.2. The Bertz CT molecular complexity index is 1150. The number of aryl methyl sites for hydroxylation is 2. The van der Waals surface area contributed by atoms with E-state index in [-0.39, 0.29) is 29.8 Å². The van der Waals surface area contributed by atoms with Crippen LogP contribution in [-0.2, 0) is 27.7 Å². The lowest BCUT2D eigenvalue weighted by Crippen LogP contribution is -2.43. The fourth-order valence-electron chi connectivity index (χ4n) is 5.32. The number of likely N-dealkylation sites (tertiary alicyclic amines) is 2. The van der Waals surface area contributed by atoms with Crippen LogP contribution in [0.25, 0.3) is 11.0 Å². The molecule has 1 atom stereocenters. The Kier molecular flexibility index (Phi) is 7.78. The lowest BCUT2D eigenvalue weighted by Gasteiger charge is -2.33. The molecule has 9 nitrogen and oxygen atoms in total. The van der Waals surface area contributed by atoms with Crippen LogP contribution in [0.5, 0.6) is 0 Å². The van der Waals surface area contributed by atoms with E-state index in [1.807, 2.05) is 44.5 Å². The standard InChI is InChI=1S/C27H40N4O5/c1-27(2,3)36-26(34)30-15-13-21(14-16-30)35-17-7-9-19-8-6-10-22-24(19)29(5)25(33)31(22)20-11-12-23(32)28(4)18-20/h6,8,10,20-21H,7,9,11-18H2,1-5H3. The predicted molar refractivity (Wildman–Crippen MR) is 138 cm³/mol. The molecule has 1 unspecified atom stereocenters. The first-order chi connectivity index (χ1) is 17.0. The molecule has 198 valence electrons. The van der Waals surface area contributed by atoms with Gasteiger partial charge in [0.05, 0.1) is 23.2 Å². The third kappa shape index (κ3) is 5.77. The summed E-state index contributed by atoms with van der Waals surface area (Å²) in [4.78, 5) is 40.8. The van der Waals surface area contributed by atoms with E-state index < -0.39 is 5.60 Å². The summed E-state index contributed by atoms with van der Waals surface area (Å²) in [5.74, 6) is 0.135. The molecule has 2 aromatic rings. The van der Waals surface area contributed by atoms with Gasteiger partial charge < -0.3 is 19.3 Å². The van der Waals surface area contributed by atoms with Gasteiger partial charge in [-0.2, -0.15) is 0 Å². The summed E-state index contributed by atoms with van der Waals surface area (Å²) in [7, 11) is 3.63. The van der Waals surface area contributed by atoms with Gasteiger partial charge in [0.25, 0.3) is 0 Å². The zero-order valence-corrected chi connectivity index (χ0v) is 22.3. The number of aromatic nitrogens is 2. The normalized spacial score (nSPS) is 19.8. The molecule has 2 aliphatic rings. The van der Waals surface area contributed by atoms with Crippen molar-refractivity contribution < 1.29 is 19.1 Å². The quantitative estimate of drug-likeness (QED) is 0.567. The summed E-state index contributed by atoms with van der Waals surface area (Å²) in [6.07, 6.45) is 4.34. The maximum absolute atomic E-state index is 13.2. The largest absolute Gasteiger partial charge is 0.444 e. The van der Waals surface area contributed by atoms with E-state index in [1.165, 1.54) is 0 Å². The minimum Gasteiger partial charge on any atom is -0.444 e. The molecule has 0 radical (unpaired) electrons. The van der Waals surface area contributed by atoms with E-state index >= 15 is 0 Å². The van der Waals surface area contributed by atoms with Crippen molar-refractivity contribution in [2.45, 2.75) is 77.0 Å². The SMILES string of the molecule is CN1CC(n2c(=O)n(C)c3c(CCCOC4CCN(C(=O)OC(C)(C)C)CC4)cccc32)CCC1=O. The average Bonchev–Trinajstić information content (AvgIpc) is 3.08. The summed E-state index contributed by atoms with van der Waals surface area (Å²) in [5, 5.41) is 0. The smallest absolute Gasteiger partial charge is 0.410 e. The van der Waals surface area contributed by atoms with E-state index in [4.69, 9.17) is 9.47 Å². The number of hydrogen-bond donors (Lipinski definition) is 0. The van der Waals surface area contributed by atoms with Crippen LogP contribution in [0.4, 0.5) is 4.79 Å². The first-order valence-electron chi connectivity index (χ1n) is 13.1. The molecule has 2 fully saturated rings. The predicted octanol–water partition coefficient (Wildman–Crippen LogP) is 3.48. The van der Waals surface area contributed by atoms with Crippen molar-refractivity contribution in [3.63, 3.8) is 0 Å². The highest BCUT2D eigenvalue weighted by molar-refractivity contribution is 5.80. The Morgan fingerprint density at radius 2 is 1.81 bits per heavy atom. The van der Waals surface area contributed by atoms with Crippen LogP contribution in [0.2, 0.25) is 0 Å². The summed E-state index contributed by atoms with van der Waals surface area (Å²) in [6.45, 7) is 8.13. The summed E-state index contributed by atoms with van der Waals surface area (Å²) in [6, 6.07) is 6.10. The molecule has 1 aromatic carbocycles. The van der Waals surface area contributed by atoms with Gasteiger partial charge in [0.2, 0.25) is 5.91 Å². The van der Waals surface area contributed by atoms with E-state index in [0.29, 0.717) is 39.1 Å². The number of piperidine rings is 2. The number of fused-ring (bicyclic) bond motifs is 1. The number of hydrogen-bond acceptors (Lipinski definition) is 5. The highest BCUT2D eigenvalue weighted by Gasteiger charge is 2.29. The van der Waals surface area contributed by atoms with E-state index in [0.717, 1.165) is 42.3 Å². The molecule has 9 heteroatoms. The van der Waals surface area contributed by atoms with Crippen molar-refractivity contribution >= 4 is 23.0 Å². The van der Waals surface area contributed by atoms with Crippen LogP contribution in [-0.4, -0.2) is 75.9 Å². The Morgan fingerprint density at radius 3 is 2.47 bits per heavy atom. The molecular weight excluding hydrogens is 460 g/mol. The third-order valence-electron chi connectivity index (χ3n) is 7.19. The van der Waals surface area contributed by atoms with Crippen LogP contribution in [0.15, 0.2) is 23.0 Å². The lowest BCUT2D eigenvalue weighted by atomic mass is 10.0. The number of carbonyl (C=O) groups is 2. The van der Waals surface area contributed by atoms with Gasteiger partial charge in [-0.3, -0.25) is 13.9 Å². The van der Waals surface area contributed by atoms with Crippen LogP contribution >= 0.6 is 0 Å². The number of nitrogens with zero attached hydrogens (tertiary/aromatic N) is 4. The Labute approximate surface area is 212 Å². The van der Waals surface area contributed by atoms with Crippen molar-refractivity contribution in [2.24, 2.45) is 7.05 Å². The number of para-hydroxylation sites is 1. The number of likely N-dealkylation sites (N-methyl/N-ethyl adjacent to an activating group) is 1. The summed E-state index contributed by atoms with van der Waals surface area (Å²) >= 11 is 0. The zero-order valence-electron chi connectivity index (χ0n) is 22.3. The number of amides is 2. The number of carbonyl (C=O) groups excluding carboxylic acids is 2. The molecule has 0 spiro atoms. The molecule has 2 aliphatic heterocycles. The van der Waals surface area contributed by atoms with Crippen molar-refractivity contribution in [1.29, 1.82) is 0 Å². The lowest BCUT2D eigenvalue weighted by molar-refractivity contribution is -0.132. The number of benzene rings is 1. The van der Waals surface area contributed by atoms with Gasteiger partial charge in [0.1, 0.15) is 5.60 Å². The Balaban J connectivity index is 1.33. The molecule has 2 amide bonds. The Hall–Kier alpha value is -2.81. The first-order valence-corrected chi connectivity index (χ1v) is 13.1. The Morgan fingerprint density at radius 1 is 1.08 bits per heavy atom. The average molecular weight is 501 g/mol. The van der Waals surface area contributed by atoms with E-state index in [2.05, 4.69) is 6.07 Å². The second kappa shape index (κ2) is 10.7. The molecule has 0 N–H and O–H groups in total. The van der Waals surface area contributed by atoms with Gasteiger partial charge in [-0.1, -0.05) is 12.1 Å². The second-order valence-corrected chi connectivity index (χ2v) is 11.1. The van der Waals surface area contributed by atoms with Crippen LogP contribution in [0, 0.1) is 0 Å². The molecule has 0 bridgehead atoms. The molecule has 3 heterocycles. The van der Waals surface area contributed by atoms with Gasteiger partial charge in [-0.25, -0.2) is 9.59 Å². The third-order valence-corrected chi connectivity index (χ3v) is 7.19. The van der Waals surface area contributed by atoms with Crippen molar-refractivity contribution in [2.75, 3.05) is 33.3 Å². The molecule has 0 aliphatic carbocycles. The van der Waals surface area contributed by atoms with Gasteiger partial charge in [-0.05, 0) is 64.5 Å². The minimum absolute atomic E-state index is 0.00553. The maximum Gasteiger partial charge on any atom is 0.410 e. The fraction of sp³-hybridized carbons (Fsp3) is 0.667. The zero-order chi connectivity index (χ0) is 26.0. The van der Waals surface area contributed by atoms with Crippen LogP contribution in [0.1, 0.15) is 64.5 Å². The minimum atomic E-state index is -0.483. The van der Waals surface area contributed by atoms with Gasteiger partial charge >= 0.3 is 11.8 Å². The first kappa shape index (κ1) is 26.3. The van der Waals surface area contributed by atoms with Crippen LogP contribution in [0.3, 0.4) is 0 Å².